The molecule has 0 aromatic heterocycles. The summed E-state index contributed by atoms with van der Waals surface area (Å²) in [5.74, 6) is -0.0699. The number of hydrogen-bond acceptors (Lipinski definition) is 3. The van der Waals surface area contributed by atoms with Crippen LogP contribution in [0.1, 0.15) is 24.0 Å². The van der Waals surface area contributed by atoms with E-state index < -0.39 is 10.0 Å². The molecule has 7 heteroatoms. The second-order valence-corrected chi connectivity index (χ2v) is 8.02. The number of carbonyl (C=O) groups is 1. The number of benzene rings is 1. The van der Waals surface area contributed by atoms with Gasteiger partial charge in [0.25, 0.3) is 0 Å². The van der Waals surface area contributed by atoms with Gasteiger partial charge in [0.15, 0.2) is 0 Å². The van der Waals surface area contributed by atoms with Gasteiger partial charge in [-0.2, -0.15) is 0 Å². The minimum atomic E-state index is -3.20. The molecular weight excluding hydrogens is 336 g/mol. The molecule has 1 aromatic carbocycles. The van der Waals surface area contributed by atoms with Gasteiger partial charge in [0.1, 0.15) is 0 Å². The number of carbonyl (C=O) groups excluding carboxylic acids is 1. The van der Waals surface area contributed by atoms with Crippen molar-refractivity contribution in [2.75, 3.05) is 19.3 Å². The molecule has 0 unspecified atom stereocenters. The van der Waals surface area contributed by atoms with Gasteiger partial charge in [0, 0.05) is 30.2 Å². The number of likely N-dealkylation sites (tertiary alicyclic amines) is 1. The Bertz CT molecular complexity index is 708. The lowest BCUT2D eigenvalue weighted by molar-refractivity contribution is -0.126. The molecule has 2 rings (SSSR count). The van der Waals surface area contributed by atoms with Crippen molar-refractivity contribution in [3.63, 3.8) is 0 Å². The molecule has 1 fully saturated rings. The van der Waals surface area contributed by atoms with Crippen LogP contribution in [0.2, 0.25) is 5.02 Å². The van der Waals surface area contributed by atoms with Crippen LogP contribution >= 0.6 is 11.6 Å². The van der Waals surface area contributed by atoms with Crippen molar-refractivity contribution in [1.29, 1.82) is 0 Å². The predicted molar refractivity (Wildman–Crippen MR) is 92.8 cm³/mol. The molecule has 5 nitrogen and oxygen atoms in total. The Labute approximate surface area is 142 Å². The maximum Gasteiger partial charge on any atom is 0.246 e. The number of hydrogen-bond donors (Lipinski definition) is 1. The number of nitrogens with one attached hydrogen (secondary N) is 1. The fourth-order valence-corrected chi connectivity index (χ4v) is 3.54. The third kappa shape index (κ3) is 5.64. The van der Waals surface area contributed by atoms with Gasteiger partial charge in [-0.3, -0.25) is 4.79 Å². The lowest BCUT2D eigenvalue weighted by Gasteiger charge is -2.31. The van der Waals surface area contributed by atoms with E-state index in [9.17, 15) is 13.2 Å². The number of piperidine rings is 1. The summed E-state index contributed by atoms with van der Waals surface area (Å²) in [5, 5.41) is 0.673. The number of sulfonamides is 1. The Morgan fingerprint density at radius 3 is 2.57 bits per heavy atom. The molecule has 1 aromatic rings. The van der Waals surface area contributed by atoms with E-state index in [2.05, 4.69) is 4.72 Å². The molecule has 0 spiro atoms. The van der Waals surface area contributed by atoms with Gasteiger partial charge in [0.05, 0.1) is 6.26 Å². The van der Waals surface area contributed by atoms with E-state index in [0.29, 0.717) is 31.0 Å². The van der Waals surface area contributed by atoms with Gasteiger partial charge in [-0.1, -0.05) is 23.7 Å². The lowest BCUT2D eigenvalue weighted by atomic mass is 10.1. The highest BCUT2D eigenvalue weighted by molar-refractivity contribution is 7.88. The van der Waals surface area contributed by atoms with Crippen LogP contribution in [-0.4, -0.2) is 44.6 Å². The second-order valence-electron chi connectivity index (χ2n) is 5.83. The highest BCUT2D eigenvalue weighted by Gasteiger charge is 2.23. The topological polar surface area (TPSA) is 66.5 Å². The largest absolute Gasteiger partial charge is 0.339 e. The van der Waals surface area contributed by atoms with Gasteiger partial charge >= 0.3 is 0 Å². The zero-order valence-corrected chi connectivity index (χ0v) is 14.8. The summed E-state index contributed by atoms with van der Waals surface area (Å²) < 4.78 is 25.0. The summed E-state index contributed by atoms with van der Waals surface area (Å²) in [6.07, 6.45) is 5.69. The summed E-state index contributed by atoms with van der Waals surface area (Å²) in [6, 6.07) is 5.55. The third-order valence-corrected chi connectivity index (χ3v) is 4.97. The average molecular weight is 357 g/mol. The smallest absolute Gasteiger partial charge is 0.246 e. The molecule has 0 bridgehead atoms. The molecule has 1 aliphatic rings. The Balaban J connectivity index is 1.89. The van der Waals surface area contributed by atoms with Crippen LogP contribution in [0.25, 0.3) is 6.08 Å². The van der Waals surface area contributed by atoms with Crippen molar-refractivity contribution in [1.82, 2.24) is 9.62 Å². The van der Waals surface area contributed by atoms with Gasteiger partial charge in [0.2, 0.25) is 15.9 Å². The molecule has 0 aliphatic carbocycles. The Kier molecular flexibility index (Phi) is 5.84. The minimum Gasteiger partial charge on any atom is -0.339 e. The van der Waals surface area contributed by atoms with Gasteiger partial charge in [-0.05, 0) is 43.0 Å². The summed E-state index contributed by atoms with van der Waals surface area (Å²) in [5.41, 5.74) is 1.87. The predicted octanol–water partition coefficient (Wildman–Crippen LogP) is 2.20. The first kappa shape index (κ1) is 18.0. The Morgan fingerprint density at radius 2 is 2.00 bits per heavy atom. The number of aryl methyl sites for hydroxylation is 1. The summed E-state index contributed by atoms with van der Waals surface area (Å²) in [7, 11) is -3.20. The molecule has 1 heterocycles. The van der Waals surface area contributed by atoms with E-state index in [1.165, 1.54) is 6.08 Å². The van der Waals surface area contributed by atoms with Crippen molar-refractivity contribution >= 4 is 33.6 Å². The van der Waals surface area contributed by atoms with Crippen molar-refractivity contribution in [2.45, 2.75) is 25.8 Å². The van der Waals surface area contributed by atoms with Crippen LogP contribution in [0.3, 0.4) is 0 Å². The molecular formula is C16H21ClN2O3S. The maximum absolute atomic E-state index is 12.2. The quantitative estimate of drug-likeness (QED) is 0.841. The molecule has 0 radical (unpaired) electrons. The molecule has 23 heavy (non-hydrogen) atoms. The van der Waals surface area contributed by atoms with Gasteiger partial charge in [-0.25, -0.2) is 13.1 Å². The first-order valence-corrected chi connectivity index (χ1v) is 9.72. The Hall–Kier alpha value is -1.37. The second kappa shape index (κ2) is 7.47. The van der Waals surface area contributed by atoms with Crippen LogP contribution < -0.4 is 4.72 Å². The standard InChI is InChI=1S/C16H21ClN2O3S/c1-12-3-4-13(11-15(12)17)5-6-16(20)19-9-7-14(8-10-19)18-23(2,21)22/h3-6,11,14,18H,7-10H2,1-2H3/b6-5+. The van der Waals surface area contributed by atoms with E-state index in [-0.39, 0.29) is 11.9 Å². The summed E-state index contributed by atoms with van der Waals surface area (Å²) in [6.45, 7) is 3.02. The summed E-state index contributed by atoms with van der Waals surface area (Å²) in [4.78, 5) is 13.9. The van der Waals surface area contributed by atoms with Crippen LogP contribution in [-0.2, 0) is 14.8 Å². The normalized spacial score (nSPS) is 16.9. The molecule has 0 atom stereocenters. The van der Waals surface area contributed by atoms with E-state index in [0.717, 1.165) is 17.4 Å². The zero-order chi connectivity index (χ0) is 17.0. The molecule has 1 aliphatic heterocycles. The maximum atomic E-state index is 12.2. The van der Waals surface area contributed by atoms with E-state index in [4.69, 9.17) is 11.6 Å². The van der Waals surface area contributed by atoms with Crippen LogP contribution in [0.4, 0.5) is 0 Å². The highest BCUT2D eigenvalue weighted by atomic mass is 35.5. The van der Waals surface area contributed by atoms with Crippen molar-refractivity contribution < 1.29 is 13.2 Å². The highest BCUT2D eigenvalue weighted by Crippen LogP contribution is 2.18. The number of nitrogens with zero attached hydrogens (tertiary/aromatic N) is 1. The molecule has 126 valence electrons. The van der Waals surface area contributed by atoms with E-state index in [1.54, 1.807) is 11.0 Å². The lowest BCUT2D eigenvalue weighted by Crippen LogP contribution is -2.45. The fraction of sp³-hybridized carbons (Fsp3) is 0.438. The molecule has 0 saturated carbocycles. The summed E-state index contributed by atoms with van der Waals surface area (Å²) >= 11 is 6.06. The molecule has 1 saturated heterocycles. The van der Waals surface area contributed by atoms with Crippen molar-refractivity contribution in [3.8, 4) is 0 Å². The van der Waals surface area contributed by atoms with Gasteiger partial charge in [-0.15, -0.1) is 0 Å². The Morgan fingerprint density at radius 1 is 1.35 bits per heavy atom. The monoisotopic (exact) mass is 356 g/mol. The van der Waals surface area contributed by atoms with Gasteiger partial charge < -0.3 is 4.90 Å². The van der Waals surface area contributed by atoms with Crippen LogP contribution in [0.15, 0.2) is 24.3 Å². The number of amides is 1. The molecule has 1 N–H and O–H groups in total. The molecule has 1 amide bonds. The minimum absolute atomic E-state index is 0.0699. The van der Waals surface area contributed by atoms with E-state index in [1.807, 2.05) is 25.1 Å². The first-order chi connectivity index (χ1) is 10.7. The zero-order valence-electron chi connectivity index (χ0n) is 13.3. The fourth-order valence-electron chi connectivity index (χ4n) is 2.51. The van der Waals surface area contributed by atoms with E-state index >= 15 is 0 Å². The average Bonchev–Trinajstić information content (AvgIpc) is 2.47. The SMILES string of the molecule is Cc1ccc(/C=C/C(=O)N2CCC(NS(C)(=O)=O)CC2)cc1Cl. The van der Waals surface area contributed by atoms with Crippen molar-refractivity contribution in [3.05, 3.63) is 40.4 Å². The van der Waals surface area contributed by atoms with Crippen molar-refractivity contribution in [2.24, 2.45) is 0 Å². The van der Waals surface area contributed by atoms with Crippen LogP contribution in [0.5, 0.6) is 0 Å². The van der Waals surface area contributed by atoms with Crippen LogP contribution in [0, 0.1) is 6.92 Å². The third-order valence-electron chi connectivity index (χ3n) is 3.80. The number of rotatable bonds is 4. The number of halogens is 1. The first-order valence-electron chi connectivity index (χ1n) is 7.45.